The molecule has 1 aromatic heterocycles. The Morgan fingerprint density at radius 3 is 2.46 bits per heavy atom. The molecule has 2 aromatic carbocycles. The quantitative estimate of drug-likeness (QED) is 0.450. The Balaban J connectivity index is 2.06. The molecular weight excluding hydrogens is 361 g/mol. The minimum Gasteiger partial charge on any atom is -0.464 e. The van der Waals surface area contributed by atoms with E-state index in [2.05, 4.69) is 0 Å². The lowest BCUT2D eigenvalue weighted by Crippen LogP contribution is -2.29. The van der Waals surface area contributed by atoms with E-state index >= 15 is 0 Å². The van der Waals surface area contributed by atoms with E-state index < -0.39 is 13.1 Å². The summed E-state index contributed by atoms with van der Waals surface area (Å²) in [5, 5.41) is 27.6. The Morgan fingerprint density at radius 1 is 1.18 bits per heavy atom. The average Bonchev–Trinajstić information content (AvgIpc) is 3.04. The number of carbonyl (C=O) groups excluding carboxylic acids is 1. The first-order valence-electron chi connectivity index (χ1n) is 8.18. The van der Waals surface area contributed by atoms with Gasteiger partial charge in [-0.1, -0.05) is 24.3 Å². The number of ether oxygens (including phenoxy) is 2. The van der Waals surface area contributed by atoms with E-state index in [-0.39, 0.29) is 16.9 Å². The summed E-state index contributed by atoms with van der Waals surface area (Å²) < 4.78 is 12.1. The fourth-order valence-electron chi connectivity index (χ4n) is 2.68. The number of nitrogens with zero attached hydrogens (tertiary/aromatic N) is 2. The third-order valence-electron chi connectivity index (χ3n) is 4.07. The number of nitriles is 1. The van der Waals surface area contributed by atoms with Crippen LogP contribution in [0.1, 0.15) is 16.1 Å². The van der Waals surface area contributed by atoms with Gasteiger partial charge >= 0.3 is 13.1 Å². The van der Waals surface area contributed by atoms with Crippen LogP contribution >= 0.6 is 0 Å². The summed E-state index contributed by atoms with van der Waals surface area (Å²) in [7, 11) is -0.346. The van der Waals surface area contributed by atoms with Crippen LogP contribution in [-0.2, 0) is 4.74 Å². The largest absolute Gasteiger partial charge is 0.488 e. The van der Waals surface area contributed by atoms with Gasteiger partial charge < -0.3 is 29.8 Å². The van der Waals surface area contributed by atoms with Gasteiger partial charge in [0.05, 0.1) is 24.0 Å². The van der Waals surface area contributed by atoms with Gasteiger partial charge in [0.25, 0.3) is 0 Å². The van der Waals surface area contributed by atoms with Crippen LogP contribution in [0.5, 0.6) is 11.5 Å². The van der Waals surface area contributed by atoms with Crippen molar-refractivity contribution in [3.63, 3.8) is 0 Å². The maximum Gasteiger partial charge on any atom is 0.488 e. The molecule has 0 amide bonds. The molecule has 0 bridgehead atoms. The molecule has 3 aromatic rings. The van der Waals surface area contributed by atoms with Crippen LogP contribution in [0.15, 0.2) is 54.7 Å². The molecule has 0 atom stereocenters. The molecule has 1 heterocycles. The van der Waals surface area contributed by atoms with E-state index in [9.17, 15) is 20.1 Å². The van der Waals surface area contributed by atoms with Crippen molar-refractivity contribution in [3.05, 3.63) is 66.0 Å². The predicted molar refractivity (Wildman–Crippen MR) is 103 cm³/mol. The minimum absolute atomic E-state index is 0.0189. The second-order valence-corrected chi connectivity index (χ2v) is 5.79. The third-order valence-corrected chi connectivity index (χ3v) is 4.07. The zero-order valence-corrected chi connectivity index (χ0v) is 14.9. The number of para-hydroxylation sites is 2. The van der Waals surface area contributed by atoms with Gasteiger partial charge in [-0.2, -0.15) is 5.26 Å². The van der Waals surface area contributed by atoms with Gasteiger partial charge in [-0.25, -0.2) is 4.79 Å². The smallest absolute Gasteiger partial charge is 0.464 e. The van der Waals surface area contributed by atoms with Crippen molar-refractivity contribution in [1.82, 2.24) is 4.57 Å². The summed E-state index contributed by atoms with van der Waals surface area (Å²) in [6.45, 7) is 0. The normalized spacial score (nSPS) is 10.2. The van der Waals surface area contributed by atoms with Crippen molar-refractivity contribution >= 4 is 24.2 Å². The first-order chi connectivity index (χ1) is 13.5. The first-order valence-corrected chi connectivity index (χ1v) is 8.18. The van der Waals surface area contributed by atoms with Gasteiger partial charge in [0.15, 0.2) is 11.4 Å². The van der Waals surface area contributed by atoms with Crippen molar-refractivity contribution in [1.29, 1.82) is 5.26 Å². The number of benzene rings is 2. The fourth-order valence-corrected chi connectivity index (χ4v) is 2.68. The Bertz CT molecular complexity index is 1050. The Morgan fingerprint density at radius 2 is 1.86 bits per heavy atom. The highest BCUT2D eigenvalue weighted by Crippen LogP contribution is 2.32. The van der Waals surface area contributed by atoms with Gasteiger partial charge in [0.1, 0.15) is 11.8 Å². The van der Waals surface area contributed by atoms with Gasteiger partial charge in [-0.05, 0) is 29.7 Å². The first kappa shape index (κ1) is 19.0. The lowest BCUT2D eigenvalue weighted by atomic mass is 9.80. The summed E-state index contributed by atoms with van der Waals surface area (Å²) in [4.78, 5) is 12.2. The molecule has 8 nitrogen and oxygen atoms in total. The molecule has 140 valence electrons. The predicted octanol–water partition coefficient (Wildman–Crippen LogP) is 1.19. The van der Waals surface area contributed by atoms with E-state index in [1.165, 1.54) is 30.0 Å². The number of rotatable bonds is 5. The number of anilines is 1. The number of hydrogen-bond donors (Lipinski definition) is 3. The number of hydrogen-bond acceptors (Lipinski definition) is 7. The molecule has 3 rings (SSSR count). The molecule has 0 saturated carbocycles. The molecule has 0 radical (unpaired) electrons. The third kappa shape index (κ3) is 3.55. The Labute approximate surface area is 161 Å². The van der Waals surface area contributed by atoms with Crippen LogP contribution in [0, 0.1) is 11.3 Å². The number of nitrogen functional groups attached to an aromatic ring is 1. The highest BCUT2D eigenvalue weighted by Gasteiger charge is 2.23. The Hall–Kier alpha value is -3.74. The topological polar surface area (TPSA) is 131 Å². The van der Waals surface area contributed by atoms with E-state index in [4.69, 9.17) is 15.2 Å². The molecule has 0 fully saturated rings. The molecule has 0 unspecified atom stereocenters. The summed E-state index contributed by atoms with van der Waals surface area (Å²) >= 11 is 0. The molecule has 0 spiro atoms. The number of esters is 1. The van der Waals surface area contributed by atoms with E-state index in [1.54, 1.807) is 36.4 Å². The van der Waals surface area contributed by atoms with Gasteiger partial charge in [0.2, 0.25) is 0 Å². The zero-order chi connectivity index (χ0) is 20.3. The summed E-state index contributed by atoms with van der Waals surface area (Å²) in [6, 6.07) is 15.0. The standard InChI is InChI=1S/C19H16BN3O5/c1-27-19(24)18-17(22)12(10-21)11-23(18)15-4-2-3-5-16(15)28-14-8-6-13(7-9-14)20(25)26/h2-9,11,25-26H,22H2,1H3. The molecular formula is C19H16BN3O5. The average molecular weight is 377 g/mol. The molecule has 4 N–H and O–H groups in total. The zero-order valence-electron chi connectivity index (χ0n) is 14.9. The monoisotopic (exact) mass is 377 g/mol. The highest BCUT2D eigenvalue weighted by atomic mass is 16.5. The summed E-state index contributed by atoms with van der Waals surface area (Å²) in [6.07, 6.45) is 1.44. The minimum atomic E-state index is -1.57. The van der Waals surface area contributed by atoms with Crippen LogP contribution in [-0.4, -0.2) is 34.8 Å². The van der Waals surface area contributed by atoms with Crippen molar-refractivity contribution < 1.29 is 24.3 Å². The van der Waals surface area contributed by atoms with Crippen molar-refractivity contribution in [2.75, 3.05) is 12.8 Å². The maximum absolute atomic E-state index is 12.2. The van der Waals surface area contributed by atoms with Crippen LogP contribution in [0.4, 0.5) is 5.69 Å². The van der Waals surface area contributed by atoms with Crippen molar-refractivity contribution in [2.24, 2.45) is 0 Å². The summed E-state index contributed by atoms with van der Waals surface area (Å²) in [5.41, 5.74) is 6.92. The second kappa shape index (κ2) is 7.88. The number of nitrogens with two attached hydrogens (primary N) is 1. The highest BCUT2D eigenvalue weighted by molar-refractivity contribution is 6.58. The summed E-state index contributed by atoms with van der Waals surface area (Å²) in [5.74, 6) is 0.150. The van der Waals surface area contributed by atoms with Crippen LogP contribution in [0.25, 0.3) is 5.69 Å². The molecule has 0 aliphatic rings. The molecule has 0 aliphatic carbocycles. The van der Waals surface area contributed by atoms with E-state index in [0.29, 0.717) is 22.6 Å². The molecule has 9 heteroatoms. The van der Waals surface area contributed by atoms with Crippen molar-refractivity contribution in [2.45, 2.75) is 0 Å². The molecule has 28 heavy (non-hydrogen) atoms. The lowest BCUT2D eigenvalue weighted by Gasteiger charge is -2.14. The fraction of sp³-hybridized carbons (Fsp3) is 0.0526. The lowest BCUT2D eigenvalue weighted by molar-refractivity contribution is 0.0593. The Kier molecular flexibility index (Phi) is 5.36. The number of methoxy groups -OCH3 is 1. The second-order valence-electron chi connectivity index (χ2n) is 5.79. The van der Waals surface area contributed by atoms with Crippen LogP contribution < -0.4 is 15.9 Å². The number of aromatic nitrogens is 1. The molecule has 0 saturated heterocycles. The number of carbonyl (C=O) groups is 1. The molecule has 0 aliphatic heterocycles. The SMILES string of the molecule is COC(=O)c1c(N)c(C#N)cn1-c1ccccc1Oc1ccc(B(O)O)cc1. The van der Waals surface area contributed by atoms with Crippen LogP contribution in [0.2, 0.25) is 0 Å². The van der Waals surface area contributed by atoms with Crippen LogP contribution in [0.3, 0.4) is 0 Å². The van der Waals surface area contributed by atoms with Gasteiger partial charge in [-0.3, -0.25) is 0 Å². The van der Waals surface area contributed by atoms with E-state index in [1.807, 2.05) is 6.07 Å². The van der Waals surface area contributed by atoms with Gasteiger partial charge in [0, 0.05) is 6.20 Å². The van der Waals surface area contributed by atoms with Gasteiger partial charge in [-0.15, -0.1) is 0 Å². The maximum atomic E-state index is 12.2. The van der Waals surface area contributed by atoms with Crippen molar-refractivity contribution in [3.8, 4) is 23.3 Å². The van der Waals surface area contributed by atoms with E-state index in [0.717, 1.165) is 0 Å².